The van der Waals surface area contributed by atoms with Crippen molar-refractivity contribution in [1.29, 1.82) is 0 Å². The molecular weight excluding hydrogens is 326 g/mol. The van der Waals surface area contributed by atoms with Crippen molar-refractivity contribution in [3.05, 3.63) is 23.9 Å². The van der Waals surface area contributed by atoms with E-state index in [-0.39, 0.29) is 11.6 Å². The molecule has 0 saturated heterocycles. The Morgan fingerprint density at radius 1 is 1.28 bits per heavy atom. The predicted octanol–water partition coefficient (Wildman–Crippen LogP) is 1.94. The number of aliphatic hydroxyl groups is 1. The molecule has 1 heterocycles. The Balaban J connectivity index is 2.90. The molecule has 1 rings (SSSR count). The zero-order valence-electron chi connectivity index (χ0n) is 15.5. The molecule has 140 valence electrons. The van der Waals surface area contributed by atoms with Crippen molar-refractivity contribution < 1.29 is 24.5 Å². The molecule has 0 spiro atoms. The minimum absolute atomic E-state index is 0.240. The van der Waals surface area contributed by atoms with Crippen molar-refractivity contribution in [2.45, 2.75) is 58.4 Å². The summed E-state index contributed by atoms with van der Waals surface area (Å²) in [7, 11) is 1.88. The van der Waals surface area contributed by atoms with Crippen LogP contribution >= 0.6 is 0 Å². The van der Waals surface area contributed by atoms with E-state index in [0.717, 1.165) is 0 Å². The van der Waals surface area contributed by atoms with Crippen LogP contribution in [0.1, 0.15) is 46.3 Å². The lowest BCUT2D eigenvalue weighted by molar-refractivity contribution is -0.142. The van der Waals surface area contributed by atoms with Gasteiger partial charge in [0.05, 0.1) is 0 Å². The highest BCUT2D eigenvalue weighted by atomic mass is 16.6. The number of nitrogens with one attached hydrogen (secondary N) is 1. The number of carboxylic acids is 1. The number of nitrogens with zero attached hydrogens (tertiary/aromatic N) is 2. The summed E-state index contributed by atoms with van der Waals surface area (Å²) >= 11 is 0. The number of pyridine rings is 1. The van der Waals surface area contributed by atoms with Gasteiger partial charge in [-0.1, -0.05) is 6.07 Å². The molecule has 0 aliphatic heterocycles. The summed E-state index contributed by atoms with van der Waals surface area (Å²) in [6.07, 6.45) is -0.981. The molecule has 0 bridgehead atoms. The fraction of sp³-hybridized carbons (Fsp3) is 0.588. The van der Waals surface area contributed by atoms with Gasteiger partial charge in [0.1, 0.15) is 17.5 Å². The van der Waals surface area contributed by atoms with Crippen LogP contribution in [-0.2, 0) is 9.53 Å². The molecule has 8 heteroatoms. The highest BCUT2D eigenvalue weighted by Crippen LogP contribution is 2.20. The summed E-state index contributed by atoms with van der Waals surface area (Å²) in [5, 5.41) is 21.8. The molecule has 2 unspecified atom stereocenters. The smallest absolute Gasteiger partial charge is 0.408 e. The molecule has 25 heavy (non-hydrogen) atoms. The summed E-state index contributed by atoms with van der Waals surface area (Å²) in [4.78, 5) is 29.4. The Kier molecular flexibility index (Phi) is 6.75. The van der Waals surface area contributed by atoms with Crippen LogP contribution in [0.3, 0.4) is 0 Å². The van der Waals surface area contributed by atoms with Crippen LogP contribution in [0.5, 0.6) is 0 Å². The first kappa shape index (κ1) is 20.7. The number of amides is 1. The summed E-state index contributed by atoms with van der Waals surface area (Å²) < 4.78 is 5.03. The summed E-state index contributed by atoms with van der Waals surface area (Å²) in [5.41, 5.74) is -0.493. The molecule has 8 nitrogen and oxygen atoms in total. The molecule has 3 N–H and O–H groups in total. The van der Waals surface area contributed by atoms with Crippen molar-refractivity contribution in [1.82, 2.24) is 10.3 Å². The van der Waals surface area contributed by atoms with E-state index in [1.165, 1.54) is 6.20 Å². The fourth-order valence-electron chi connectivity index (χ4n) is 1.95. The first-order chi connectivity index (χ1) is 11.4. The summed E-state index contributed by atoms with van der Waals surface area (Å²) in [6.45, 7) is 9.00. The molecule has 1 aromatic rings. The molecule has 0 aromatic carbocycles. The van der Waals surface area contributed by atoms with Gasteiger partial charge in [0.25, 0.3) is 0 Å². The monoisotopic (exact) mass is 353 g/mol. The van der Waals surface area contributed by atoms with E-state index in [2.05, 4.69) is 10.3 Å². The second kappa shape index (κ2) is 8.15. The lowest BCUT2D eigenvalue weighted by Gasteiger charge is -2.25. The van der Waals surface area contributed by atoms with Crippen molar-refractivity contribution in [3.8, 4) is 0 Å². The van der Waals surface area contributed by atoms with Crippen LogP contribution in [0.15, 0.2) is 18.3 Å². The number of hydrogen-bond donors (Lipinski definition) is 3. The quantitative estimate of drug-likeness (QED) is 0.716. The van der Waals surface area contributed by atoms with E-state index >= 15 is 0 Å². The number of ether oxygens (including phenoxy) is 1. The number of aliphatic hydroxyl groups excluding tert-OH is 1. The van der Waals surface area contributed by atoms with Crippen LogP contribution in [0.4, 0.5) is 10.6 Å². The molecule has 1 amide bonds. The number of carboxylic acid groups (broad SMARTS) is 1. The van der Waals surface area contributed by atoms with E-state index in [1.807, 2.05) is 25.8 Å². The Labute approximate surface area is 147 Å². The van der Waals surface area contributed by atoms with E-state index in [4.69, 9.17) is 4.74 Å². The molecular formula is C17H27N3O5. The second-order valence-electron chi connectivity index (χ2n) is 7.06. The number of aromatic nitrogens is 1. The number of hydrogen-bond acceptors (Lipinski definition) is 6. The number of carbonyl (C=O) groups is 2. The zero-order valence-corrected chi connectivity index (χ0v) is 15.5. The Bertz CT molecular complexity index is 595. The number of alkyl carbamates (subject to hydrolysis) is 1. The third-order valence-corrected chi connectivity index (χ3v) is 3.50. The van der Waals surface area contributed by atoms with Gasteiger partial charge in [-0.25, -0.2) is 14.6 Å². The number of rotatable bonds is 6. The van der Waals surface area contributed by atoms with Gasteiger partial charge in [-0.15, -0.1) is 0 Å². The summed E-state index contributed by atoms with van der Waals surface area (Å²) in [6, 6.07) is 1.96. The van der Waals surface area contributed by atoms with E-state index < -0.39 is 29.8 Å². The maximum atomic E-state index is 11.8. The van der Waals surface area contributed by atoms with Crippen molar-refractivity contribution in [2.75, 3.05) is 11.9 Å². The largest absolute Gasteiger partial charge is 0.480 e. The molecule has 0 radical (unpaired) electrons. The minimum atomic E-state index is -1.55. The van der Waals surface area contributed by atoms with Gasteiger partial charge >= 0.3 is 12.1 Å². The van der Waals surface area contributed by atoms with E-state index in [1.54, 1.807) is 32.9 Å². The molecule has 0 fully saturated rings. The maximum Gasteiger partial charge on any atom is 0.408 e. The molecule has 0 aliphatic carbocycles. The van der Waals surface area contributed by atoms with Crippen molar-refractivity contribution in [3.63, 3.8) is 0 Å². The molecule has 0 saturated carbocycles. The predicted molar refractivity (Wildman–Crippen MR) is 93.5 cm³/mol. The fourth-order valence-corrected chi connectivity index (χ4v) is 1.95. The van der Waals surface area contributed by atoms with Gasteiger partial charge in [-0.05, 0) is 40.7 Å². The van der Waals surface area contributed by atoms with Crippen LogP contribution in [0.25, 0.3) is 0 Å². The highest BCUT2D eigenvalue weighted by molar-refractivity contribution is 5.80. The van der Waals surface area contributed by atoms with Crippen molar-refractivity contribution in [2.24, 2.45) is 0 Å². The van der Waals surface area contributed by atoms with Gasteiger partial charge < -0.3 is 25.2 Å². The Morgan fingerprint density at radius 3 is 2.28 bits per heavy atom. The highest BCUT2D eigenvalue weighted by Gasteiger charge is 2.31. The second-order valence-corrected chi connectivity index (χ2v) is 7.06. The first-order valence-corrected chi connectivity index (χ1v) is 8.01. The van der Waals surface area contributed by atoms with Gasteiger partial charge in [0, 0.05) is 24.8 Å². The molecule has 1 aromatic heterocycles. The minimum Gasteiger partial charge on any atom is -0.480 e. The van der Waals surface area contributed by atoms with E-state index in [0.29, 0.717) is 5.82 Å². The number of aliphatic carboxylic acids is 1. The first-order valence-electron chi connectivity index (χ1n) is 8.01. The Hall–Kier alpha value is -2.35. The molecule has 0 aliphatic rings. The standard InChI is InChI=1S/C17H27N3O5/c1-10(2)20(6)12-8-7-11(9-18-12)14(21)13(15(22)23)19-16(24)25-17(3,4)5/h7-10,13-14,21H,1-6H3,(H,19,24)(H,22,23). The van der Waals surface area contributed by atoms with Crippen LogP contribution in [0, 0.1) is 0 Å². The van der Waals surface area contributed by atoms with E-state index in [9.17, 15) is 19.8 Å². The maximum absolute atomic E-state index is 11.8. The van der Waals surface area contributed by atoms with Gasteiger partial charge in [0.2, 0.25) is 0 Å². The third-order valence-electron chi connectivity index (χ3n) is 3.50. The average molecular weight is 353 g/mol. The third kappa shape index (κ3) is 6.22. The Morgan fingerprint density at radius 2 is 1.88 bits per heavy atom. The normalized spacial score (nSPS) is 13.9. The van der Waals surface area contributed by atoms with Gasteiger partial charge in [0.15, 0.2) is 6.04 Å². The lowest BCUT2D eigenvalue weighted by atomic mass is 10.0. The zero-order chi connectivity index (χ0) is 19.4. The SMILES string of the molecule is CC(C)N(C)c1ccc(C(O)C(NC(=O)OC(C)(C)C)C(=O)O)cn1. The average Bonchev–Trinajstić information content (AvgIpc) is 2.49. The number of carbonyl (C=O) groups excluding carboxylic acids is 1. The van der Waals surface area contributed by atoms with Gasteiger partial charge in [-0.3, -0.25) is 0 Å². The lowest BCUT2D eigenvalue weighted by Crippen LogP contribution is -2.46. The van der Waals surface area contributed by atoms with Crippen LogP contribution < -0.4 is 10.2 Å². The number of anilines is 1. The van der Waals surface area contributed by atoms with Crippen LogP contribution in [-0.4, -0.2) is 52.0 Å². The van der Waals surface area contributed by atoms with Gasteiger partial charge in [-0.2, -0.15) is 0 Å². The summed E-state index contributed by atoms with van der Waals surface area (Å²) in [5.74, 6) is -0.681. The van der Waals surface area contributed by atoms with Crippen LogP contribution in [0.2, 0.25) is 0 Å². The van der Waals surface area contributed by atoms with Crippen molar-refractivity contribution >= 4 is 17.9 Å². The molecule has 2 atom stereocenters. The topological polar surface area (TPSA) is 112 Å².